The molecule has 0 saturated carbocycles. The summed E-state index contributed by atoms with van der Waals surface area (Å²) in [6, 6.07) is 1.77. The molecule has 0 aromatic carbocycles. The van der Waals surface area contributed by atoms with Crippen LogP contribution >= 0.6 is 35.2 Å². The number of ketones is 1. The smallest absolute Gasteiger partial charge is 0.178 e. The number of hydrogen-bond donors (Lipinski definition) is 0. The van der Waals surface area contributed by atoms with Crippen molar-refractivity contribution < 1.29 is 4.79 Å². The van der Waals surface area contributed by atoms with E-state index in [-0.39, 0.29) is 5.78 Å². The maximum Gasteiger partial charge on any atom is 0.178 e. The lowest BCUT2D eigenvalue weighted by molar-refractivity contribution is 0.101. The van der Waals surface area contributed by atoms with Crippen molar-refractivity contribution in [1.29, 1.82) is 0 Å². The second kappa shape index (κ2) is 2.37. The van der Waals surface area contributed by atoms with E-state index in [1.165, 1.54) is 11.3 Å². The summed E-state index contributed by atoms with van der Waals surface area (Å²) in [5, 5.41) is 0. The summed E-state index contributed by atoms with van der Waals surface area (Å²) in [4.78, 5) is 12.6. The van der Waals surface area contributed by atoms with Crippen molar-refractivity contribution in [1.82, 2.24) is 0 Å². The Morgan fingerprint density at radius 3 is 3.00 bits per heavy atom. The minimum atomic E-state index is 0.113. The van der Waals surface area contributed by atoms with Crippen LogP contribution in [0.1, 0.15) is 21.7 Å². The molecule has 0 bridgehead atoms. The van der Waals surface area contributed by atoms with Gasteiger partial charge in [-0.15, -0.1) is 11.3 Å². The summed E-state index contributed by atoms with van der Waals surface area (Å²) < 4.78 is 0.644. The van der Waals surface area contributed by atoms with Gasteiger partial charge in [0.1, 0.15) is 0 Å². The van der Waals surface area contributed by atoms with Crippen LogP contribution < -0.4 is 0 Å². The molecular weight excluding hydrogens is 200 g/mol. The Morgan fingerprint density at radius 2 is 2.36 bits per heavy atom. The van der Waals surface area contributed by atoms with E-state index in [2.05, 4.69) is 0 Å². The third-order valence-electron chi connectivity index (χ3n) is 1.58. The molecule has 0 N–H and O–H groups in total. The Labute approximate surface area is 78.0 Å². The van der Waals surface area contributed by atoms with Gasteiger partial charge in [0.05, 0.1) is 9.21 Å². The van der Waals surface area contributed by atoms with Gasteiger partial charge in [-0.2, -0.15) is 0 Å². The fourth-order valence-corrected chi connectivity index (χ4v) is 2.64. The second-order valence-electron chi connectivity index (χ2n) is 2.32. The maximum absolute atomic E-state index is 11.2. The number of thiocarbonyl (C=S) groups is 1. The summed E-state index contributed by atoms with van der Waals surface area (Å²) in [5.41, 5.74) is 0.875. The van der Waals surface area contributed by atoms with E-state index in [4.69, 9.17) is 23.8 Å². The van der Waals surface area contributed by atoms with Gasteiger partial charge in [-0.1, -0.05) is 23.8 Å². The lowest BCUT2D eigenvalue weighted by Gasteiger charge is -1.83. The molecule has 0 fully saturated rings. The molecule has 1 aromatic rings. The van der Waals surface area contributed by atoms with Gasteiger partial charge in [0.25, 0.3) is 0 Å². The van der Waals surface area contributed by atoms with Crippen LogP contribution in [0, 0.1) is 0 Å². The number of fused-ring (bicyclic) bond motifs is 1. The van der Waals surface area contributed by atoms with Gasteiger partial charge in [0.2, 0.25) is 0 Å². The molecule has 0 spiro atoms. The van der Waals surface area contributed by atoms with Crippen LogP contribution in [-0.4, -0.2) is 10.6 Å². The number of carbonyl (C=O) groups is 1. The van der Waals surface area contributed by atoms with Crippen molar-refractivity contribution >= 4 is 45.8 Å². The highest BCUT2D eigenvalue weighted by Crippen LogP contribution is 2.33. The maximum atomic E-state index is 11.2. The van der Waals surface area contributed by atoms with E-state index in [0.29, 0.717) is 10.8 Å². The third-order valence-corrected chi connectivity index (χ3v) is 3.25. The van der Waals surface area contributed by atoms with E-state index in [0.717, 1.165) is 15.3 Å². The zero-order chi connectivity index (χ0) is 8.01. The highest BCUT2D eigenvalue weighted by atomic mass is 35.5. The number of carbonyl (C=O) groups excluding carboxylic acids is 1. The Balaban J connectivity index is 2.67. The predicted molar refractivity (Wildman–Crippen MR) is 50.0 cm³/mol. The summed E-state index contributed by atoms with van der Waals surface area (Å²) in [6.45, 7) is 0. The first-order valence-corrected chi connectivity index (χ1v) is 4.64. The van der Waals surface area contributed by atoms with Crippen molar-refractivity contribution in [2.45, 2.75) is 6.42 Å². The Hall–Kier alpha value is -0.250. The summed E-state index contributed by atoms with van der Waals surface area (Å²) in [6.07, 6.45) is 0.396. The van der Waals surface area contributed by atoms with Crippen LogP contribution in [-0.2, 0) is 0 Å². The van der Waals surface area contributed by atoms with Crippen LogP contribution in [0.15, 0.2) is 6.07 Å². The molecule has 4 heteroatoms. The molecule has 1 aromatic heterocycles. The topological polar surface area (TPSA) is 17.1 Å². The molecule has 0 unspecified atom stereocenters. The zero-order valence-electron chi connectivity index (χ0n) is 5.39. The lowest BCUT2D eigenvalue weighted by Crippen LogP contribution is -1.90. The van der Waals surface area contributed by atoms with Gasteiger partial charge in [-0.3, -0.25) is 4.79 Å². The summed E-state index contributed by atoms with van der Waals surface area (Å²) >= 11 is 12.0. The normalized spacial score (nSPS) is 15.7. The minimum absolute atomic E-state index is 0.113. The first-order chi connectivity index (χ1) is 5.18. The first kappa shape index (κ1) is 7.40. The average molecular weight is 203 g/mol. The number of rotatable bonds is 0. The van der Waals surface area contributed by atoms with Crippen LogP contribution in [0.2, 0.25) is 4.34 Å². The fraction of sp³-hybridized carbons (Fsp3) is 0.143. The van der Waals surface area contributed by atoms with E-state index in [1.54, 1.807) is 6.07 Å². The van der Waals surface area contributed by atoms with Gasteiger partial charge in [0, 0.05) is 16.8 Å². The van der Waals surface area contributed by atoms with E-state index < -0.39 is 0 Å². The largest absolute Gasteiger partial charge is 0.293 e. The standard InChI is InChI=1S/C7H3ClOS2/c8-6-1-3-5(10)2-4(9)7(3)11-6/h1H,2H2. The van der Waals surface area contributed by atoms with Crippen molar-refractivity contribution in [3.8, 4) is 0 Å². The molecule has 1 nitrogen and oxygen atoms in total. The summed E-state index contributed by atoms with van der Waals surface area (Å²) in [7, 11) is 0. The quantitative estimate of drug-likeness (QED) is 0.602. The SMILES string of the molecule is O=C1CC(=S)c2cc(Cl)sc21. The van der Waals surface area contributed by atoms with E-state index >= 15 is 0 Å². The Bertz CT molecular complexity index is 322. The number of halogens is 1. The molecule has 0 aliphatic heterocycles. The molecule has 2 rings (SSSR count). The molecule has 0 amide bonds. The number of Topliss-reactive ketones (excluding diaryl/α,β-unsaturated/α-hetero) is 1. The molecule has 1 heterocycles. The molecule has 56 valence electrons. The van der Waals surface area contributed by atoms with Crippen molar-refractivity contribution in [3.05, 3.63) is 20.8 Å². The second-order valence-corrected chi connectivity index (χ2v) is 4.49. The zero-order valence-corrected chi connectivity index (χ0v) is 7.78. The van der Waals surface area contributed by atoms with Gasteiger partial charge in [0.15, 0.2) is 5.78 Å². The average Bonchev–Trinajstić information content (AvgIpc) is 2.38. The predicted octanol–water partition coefficient (Wildman–Crippen LogP) is 2.71. The first-order valence-electron chi connectivity index (χ1n) is 3.04. The molecule has 0 radical (unpaired) electrons. The van der Waals surface area contributed by atoms with Crippen LogP contribution in [0.4, 0.5) is 0 Å². The van der Waals surface area contributed by atoms with Gasteiger partial charge in [-0.05, 0) is 6.07 Å². The summed E-state index contributed by atoms with van der Waals surface area (Å²) in [5.74, 6) is 0.113. The van der Waals surface area contributed by atoms with Gasteiger partial charge < -0.3 is 0 Å². The van der Waals surface area contributed by atoms with Crippen LogP contribution in [0.5, 0.6) is 0 Å². The van der Waals surface area contributed by atoms with Crippen LogP contribution in [0.25, 0.3) is 0 Å². The third kappa shape index (κ3) is 1.04. The molecular formula is C7H3ClOS2. The van der Waals surface area contributed by atoms with Crippen molar-refractivity contribution in [2.24, 2.45) is 0 Å². The molecule has 0 saturated heterocycles. The van der Waals surface area contributed by atoms with E-state index in [1.807, 2.05) is 0 Å². The van der Waals surface area contributed by atoms with Crippen LogP contribution in [0.3, 0.4) is 0 Å². The lowest BCUT2D eigenvalue weighted by atomic mass is 10.3. The highest BCUT2D eigenvalue weighted by molar-refractivity contribution is 7.81. The Morgan fingerprint density at radius 1 is 1.64 bits per heavy atom. The molecule has 1 aliphatic carbocycles. The van der Waals surface area contributed by atoms with Crippen molar-refractivity contribution in [2.75, 3.05) is 0 Å². The van der Waals surface area contributed by atoms with Crippen molar-refractivity contribution in [3.63, 3.8) is 0 Å². The monoisotopic (exact) mass is 202 g/mol. The number of hydrogen-bond acceptors (Lipinski definition) is 3. The molecule has 1 aliphatic rings. The van der Waals surface area contributed by atoms with Gasteiger partial charge in [-0.25, -0.2) is 0 Å². The number of thiophene rings is 1. The molecule has 11 heavy (non-hydrogen) atoms. The Kier molecular flexibility index (Phi) is 1.59. The van der Waals surface area contributed by atoms with E-state index in [9.17, 15) is 4.79 Å². The minimum Gasteiger partial charge on any atom is -0.293 e. The molecule has 0 atom stereocenters. The highest BCUT2D eigenvalue weighted by Gasteiger charge is 2.26. The fourth-order valence-electron chi connectivity index (χ4n) is 1.10. The van der Waals surface area contributed by atoms with Gasteiger partial charge >= 0.3 is 0 Å².